The lowest BCUT2D eigenvalue weighted by molar-refractivity contribution is -0.145. The summed E-state index contributed by atoms with van der Waals surface area (Å²) in [4.78, 5) is 194. The van der Waals surface area contributed by atoms with Crippen molar-refractivity contribution >= 4 is 115 Å². The molecule has 0 saturated carbocycles. The fourth-order valence-corrected chi connectivity index (χ4v) is 15.0. The molecule has 37 nitrogen and oxygen atoms in total. The number of para-hydroxylation sites is 1. The number of fused-ring (bicyclic) bond motifs is 1. The number of amides is 8. The maximum atomic E-state index is 15.3. The van der Waals surface area contributed by atoms with E-state index in [-0.39, 0.29) is 115 Å². The van der Waals surface area contributed by atoms with Gasteiger partial charge in [-0.15, -0.1) is 0 Å². The zero-order valence-electron chi connectivity index (χ0n) is 63.0. The summed E-state index contributed by atoms with van der Waals surface area (Å²) >= 11 is 0. The van der Waals surface area contributed by atoms with E-state index >= 15 is 14.4 Å². The van der Waals surface area contributed by atoms with E-state index in [1.165, 1.54) is 43.3 Å². The summed E-state index contributed by atoms with van der Waals surface area (Å²) in [7, 11) is 1.64. The van der Waals surface area contributed by atoms with Crippen LogP contribution in [0.4, 0.5) is 0 Å². The third-order valence-electron chi connectivity index (χ3n) is 18.8. The van der Waals surface area contributed by atoms with Crippen LogP contribution in [0.1, 0.15) is 73.9 Å². The lowest BCUT2D eigenvalue weighted by Gasteiger charge is -2.35. The standard InChI is InChI=1S/C75H99N15O22S2/c1-43(48-18-20-49(21-19-48)66(75(110)111)90-31-29-88(38-62(97)98)27-25-87(37-61(95)96)26-28-89(30-32-90)39-63(99)100)86-112-40-60(94)78-55(33-46-11-5-4-6-12-46)68(102)82-58-41-113-114-42-59(72(106)85-65(45(3)92)74(108)109)83-73(107)64(44(2)91)84-67(101)54(15-9-10-24-76)79-70(104)57(35-50-36-77-53-14-8-7-13-52(50)53)81-69(103)56(80-71(58)105)34-47-16-22-51(93)23-17-47/h4-8,11-14,16-23,36,44-45,54-59,64-66,77,91-93H,9-10,15,24-35,37-42,76H2,1-3H3,(H,78,94)(H,79,104)(H,80,105)(H,81,103)(H,82,102)(H,83,107)(H,84,101)(H,85,106)(H,95,96)(H,97,98)(H,99,100)(H,108,109)(H,110,111)/b86-43+/t44-,45-,54+,55-,56?,57-,58+,59?,64?,65+,66?/m1/s1. The predicted molar refractivity (Wildman–Crippen MR) is 417 cm³/mol. The van der Waals surface area contributed by atoms with Gasteiger partial charge in [0.25, 0.3) is 5.91 Å². The van der Waals surface area contributed by atoms with Crippen molar-refractivity contribution in [3.8, 4) is 5.75 Å². The number of carboxylic acids is 5. The Labute approximate surface area is 663 Å². The smallest absolute Gasteiger partial charge is 0.328 e. The second-order valence-corrected chi connectivity index (χ2v) is 30.1. The molecule has 8 amide bonds. The Morgan fingerprint density at radius 1 is 0.605 bits per heavy atom. The zero-order chi connectivity index (χ0) is 83.1. The fraction of sp³-hybridized carbons (Fsp3) is 0.467. The number of rotatable bonds is 31. The maximum absolute atomic E-state index is 15.3. The summed E-state index contributed by atoms with van der Waals surface area (Å²) in [5, 5.41) is 107. The molecule has 4 unspecified atom stereocenters. The first kappa shape index (κ1) is 90.4. The van der Waals surface area contributed by atoms with E-state index in [1.54, 1.807) is 92.5 Å². The topological polar surface area (TPSA) is 556 Å². The number of carbonyl (C=O) groups excluding carboxylic acids is 8. The van der Waals surface area contributed by atoms with E-state index in [0.717, 1.165) is 35.4 Å². The second kappa shape index (κ2) is 45.2. The van der Waals surface area contributed by atoms with Crippen LogP contribution < -0.4 is 48.3 Å². The molecule has 0 spiro atoms. The number of aliphatic carboxylic acids is 5. The van der Waals surface area contributed by atoms with Gasteiger partial charge in [0, 0.05) is 100 Å². The lowest BCUT2D eigenvalue weighted by Crippen LogP contribution is -2.62. The summed E-state index contributed by atoms with van der Waals surface area (Å²) < 4.78 is 0. The number of phenols is 1. The van der Waals surface area contributed by atoms with Crippen LogP contribution in [0.2, 0.25) is 0 Å². The molecule has 0 aliphatic carbocycles. The van der Waals surface area contributed by atoms with E-state index in [9.17, 15) is 88.8 Å². The van der Waals surface area contributed by atoms with Crippen molar-refractivity contribution in [1.82, 2.24) is 67.1 Å². The van der Waals surface area contributed by atoms with Crippen molar-refractivity contribution in [3.63, 3.8) is 0 Å². The van der Waals surface area contributed by atoms with Crippen LogP contribution in [0.5, 0.6) is 5.75 Å². The van der Waals surface area contributed by atoms with Gasteiger partial charge < -0.3 is 98.9 Å². The van der Waals surface area contributed by atoms with Gasteiger partial charge in [-0.25, -0.2) is 4.79 Å². The number of nitrogens with zero attached hydrogens (tertiary/aromatic N) is 5. The number of nitrogens with one attached hydrogen (secondary N) is 9. The molecule has 1 aromatic heterocycles. The number of benzene rings is 4. The number of aromatic amines is 1. The number of nitrogens with two attached hydrogens (primary N) is 1. The summed E-state index contributed by atoms with van der Waals surface area (Å²) in [5.74, 6) is -15.5. The molecule has 0 radical (unpaired) electrons. The molecule has 7 rings (SSSR count). The molecule has 11 atom stereocenters. The maximum Gasteiger partial charge on any atom is 0.328 e. The van der Waals surface area contributed by atoms with Crippen LogP contribution in [-0.4, -0.2) is 305 Å². The number of oxime groups is 1. The van der Waals surface area contributed by atoms with E-state index in [1.807, 2.05) is 0 Å². The molecule has 114 heavy (non-hydrogen) atoms. The molecule has 4 aromatic carbocycles. The highest BCUT2D eigenvalue weighted by Gasteiger charge is 2.39. The van der Waals surface area contributed by atoms with Crippen molar-refractivity contribution in [2.24, 2.45) is 10.9 Å². The van der Waals surface area contributed by atoms with Gasteiger partial charge in [-0.1, -0.05) is 112 Å². The average Bonchev–Trinajstić information content (AvgIpc) is 1.56. The molecule has 19 N–H and O–H groups in total. The minimum atomic E-state index is -1.92. The number of carboxylic acid groups (broad SMARTS) is 5. The van der Waals surface area contributed by atoms with Gasteiger partial charge in [0.15, 0.2) is 12.6 Å². The van der Waals surface area contributed by atoms with Gasteiger partial charge >= 0.3 is 29.8 Å². The fourth-order valence-electron chi connectivity index (χ4n) is 12.6. The molecule has 2 aliphatic heterocycles. The van der Waals surface area contributed by atoms with Crippen molar-refractivity contribution in [3.05, 3.63) is 137 Å². The minimum absolute atomic E-state index is 0.00139. The number of aromatic nitrogens is 1. The first-order chi connectivity index (χ1) is 54.4. The van der Waals surface area contributed by atoms with Crippen LogP contribution in [0.3, 0.4) is 0 Å². The highest BCUT2D eigenvalue weighted by Crippen LogP contribution is 2.27. The number of H-pyrrole nitrogens is 1. The normalized spacial score (nSPS) is 21.0. The third kappa shape index (κ3) is 29.0. The molecule has 0 bridgehead atoms. The Balaban J connectivity index is 1.19. The van der Waals surface area contributed by atoms with E-state index < -0.39 is 175 Å². The monoisotopic (exact) mass is 1630 g/mol. The van der Waals surface area contributed by atoms with Crippen molar-refractivity contribution < 1.29 is 108 Å². The first-order valence-corrected chi connectivity index (χ1v) is 39.2. The van der Waals surface area contributed by atoms with Crippen molar-refractivity contribution in [1.29, 1.82) is 0 Å². The van der Waals surface area contributed by atoms with E-state index in [0.29, 0.717) is 39.6 Å². The average molecular weight is 1630 g/mol. The molecule has 2 aliphatic rings. The summed E-state index contributed by atoms with van der Waals surface area (Å²) in [5.41, 5.74) is 8.81. The Hall–Kier alpha value is -10.8. The van der Waals surface area contributed by atoms with Crippen LogP contribution >= 0.6 is 21.6 Å². The van der Waals surface area contributed by atoms with Crippen LogP contribution in [0.15, 0.2) is 114 Å². The number of aromatic hydroxyl groups is 1. The Morgan fingerprint density at radius 3 is 1.73 bits per heavy atom. The summed E-state index contributed by atoms with van der Waals surface area (Å²) in [6.07, 6.45) is -2.00. The highest BCUT2D eigenvalue weighted by molar-refractivity contribution is 8.76. The van der Waals surface area contributed by atoms with Gasteiger partial charge in [0.2, 0.25) is 41.4 Å². The summed E-state index contributed by atoms with van der Waals surface area (Å²) in [6, 6.07) is 12.5. The molecule has 2 saturated heterocycles. The molecule has 2 fully saturated rings. The Bertz CT molecular complexity index is 4130. The van der Waals surface area contributed by atoms with Gasteiger partial charge in [-0.2, -0.15) is 0 Å². The Morgan fingerprint density at radius 2 is 1.16 bits per heavy atom. The Kier molecular flexibility index (Phi) is 35.8. The number of aliphatic hydroxyl groups is 2. The number of hydrogen-bond acceptors (Lipinski definition) is 25. The van der Waals surface area contributed by atoms with Crippen molar-refractivity contribution in [2.45, 2.75) is 126 Å². The van der Waals surface area contributed by atoms with Gasteiger partial charge in [-0.3, -0.25) is 77.1 Å². The van der Waals surface area contributed by atoms with Gasteiger partial charge in [0.05, 0.1) is 37.6 Å². The minimum Gasteiger partial charge on any atom is -0.508 e. The van der Waals surface area contributed by atoms with Gasteiger partial charge in [-0.05, 0) is 92.6 Å². The number of phenolic OH excluding ortho intramolecular Hbond substituents is 1. The largest absolute Gasteiger partial charge is 0.508 e. The molecule has 39 heteroatoms. The summed E-state index contributed by atoms with van der Waals surface area (Å²) in [6.45, 7) is 2.46. The van der Waals surface area contributed by atoms with Crippen LogP contribution in [0.25, 0.3) is 10.9 Å². The molecule has 3 heterocycles. The zero-order valence-corrected chi connectivity index (χ0v) is 64.6. The number of hydrogen-bond donors (Lipinski definition) is 18. The van der Waals surface area contributed by atoms with Crippen LogP contribution in [0, 0.1) is 0 Å². The molecule has 618 valence electrons. The van der Waals surface area contributed by atoms with Gasteiger partial charge in [0.1, 0.15) is 54.1 Å². The number of unbranched alkanes of at least 4 members (excludes halogenated alkanes) is 1. The lowest BCUT2D eigenvalue weighted by atomic mass is 10.0. The second-order valence-electron chi connectivity index (χ2n) is 27.6. The predicted octanol–water partition coefficient (Wildman–Crippen LogP) is -1.81. The van der Waals surface area contributed by atoms with E-state index in [4.69, 9.17) is 10.6 Å². The first-order valence-electron chi connectivity index (χ1n) is 36.7. The van der Waals surface area contributed by atoms with Crippen LogP contribution in [-0.2, 0) is 86.4 Å². The quantitative estimate of drug-likeness (QED) is 0.0101. The molecule has 5 aromatic rings. The number of carbonyl (C=O) groups is 13. The third-order valence-corrected chi connectivity index (χ3v) is 21.2. The SMILES string of the molecule is C/C(=N\OCC(=O)N[C@H](Cc1ccccc1)C(=O)N[C@H]1CSSCC(C(=O)N[C@H](C(=O)O)[C@@H](C)O)NC(=O)C([C@@H](C)O)NC(=O)[C@H](CCCCN)NC(=O)[C@@H](Cc2c[nH]c3ccccc23)NC(=O)C(Cc2ccc(O)cc2)NC1=O)c1ccc(C(C(=O)O)N2CCN(CC(=O)O)CCN(CC(=O)O)CCN(CC(=O)O)CC2)cc1. The van der Waals surface area contributed by atoms with E-state index in [2.05, 4.69) is 52.7 Å². The molecular formula is C75H99N15O22S2. The van der Waals surface area contributed by atoms with Crippen molar-refractivity contribution in [2.75, 3.05) is 96.6 Å². The highest BCUT2D eigenvalue weighted by atomic mass is 33.1. The number of aliphatic hydroxyl groups excluding tert-OH is 2. The molecular weight excluding hydrogens is 1530 g/mol.